The van der Waals surface area contributed by atoms with Crippen LogP contribution in [0.4, 0.5) is 0 Å². The van der Waals surface area contributed by atoms with E-state index in [9.17, 15) is 4.79 Å². The summed E-state index contributed by atoms with van der Waals surface area (Å²) in [5.74, 6) is 0.0632. The number of nitrogens with one attached hydrogen (secondary N) is 1. The number of ether oxygens (including phenoxy) is 1. The van der Waals surface area contributed by atoms with E-state index in [2.05, 4.69) is 37.4 Å². The first-order valence-corrected chi connectivity index (χ1v) is 7.50. The molecule has 0 bridgehead atoms. The summed E-state index contributed by atoms with van der Waals surface area (Å²) >= 11 is 0. The van der Waals surface area contributed by atoms with E-state index in [-0.39, 0.29) is 23.9 Å². The third-order valence-corrected chi connectivity index (χ3v) is 4.00. The molecular formula is C17H23ClN2O2. The van der Waals surface area contributed by atoms with E-state index in [0.29, 0.717) is 26.3 Å². The molecule has 2 aliphatic heterocycles. The van der Waals surface area contributed by atoms with Crippen LogP contribution < -0.4 is 5.32 Å². The van der Waals surface area contributed by atoms with Crippen LogP contribution in [0.2, 0.25) is 0 Å². The van der Waals surface area contributed by atoms with Gasteiger partial charge in [-0.15, -0.1) is 12.4 Å². The van der Waals surface area contributed by atoms with Gasteiger partial charge < -0.3 is 15.0 Å². The first-order valence-electron chi connectivity index (χ1n) is 7.50. The monoisotopic (exact) mass is 322 g/mol. The highest BCUT2D eigenvalue weighted by molar-refractivity contribution is 5.95. The van der Waals surface area contributed by atoms with E-state index in [0.717, 1.165) is 17.7 Å². The number of hydrogen-bond acceptors (Lipinski definition) is 3. The van der Waals surface area contributed by atoms with Crippen LogP contribution in [0.25, 0.3) is 5.70 Å². The average Bonchev–Trinajstić information content (AvgIpc) is 2.47. The van der Waals surface area contributed by atoms with Gasteiger partial charge in [-0.1, -0.05) is 24.3 Å². The van der Waals surface area contributed by atoms with Crippen LogP contribution >= 0.6 is 12.4 Å². The zero-order valence-electron chi connectivity index (χ0n) is 13.1. The normalized spacial score (nSPS) is 21.5. The lowest BCUT2D eigenvalue weighted by atomic mass is 9.86. The lowest BCUT2D eigenvalue weighted by Gasteiger charge is -2.36. The Hall–Kier alpha value is -1.52. The average molecular weight is 323 g/mol. The molecule has 22 heavy (non-hydrogen) atoms. The SMILES string of the molecule is CC1(C)Cc2ccccc2/C(=C/C(=O)N2CCOCC2)N1.Cl. The van der Waals surface area contributed by atoms with Gasteiger partial charge in [0.25, 0.3) is 0 Å². The van der Waals surface area contributed by atoms with Crippen LogP contribution in [-0.2, 0) is 16.0 Å². The fourth-order valence-electron chi connectivity index (χ4n) is 3.00. The minimum atomic E-state index is -0.0362. The Morgan fingerprint density at radius 2 is 1.95 bits per heavy atom. The standard InChI is InChI=1S/C17H22N2O2.ClH/c1-17(2)12-13-5-3-4-6-14(13)15(18-17)11-16(20)19-7-9-21-10-8-19;/h3-6,11,18H,7-10,12H2,1-2H3;1H/b15-11-;. The summed E-state index contributed by atoms with van der Waals surface area (Å²) in [4.78, 5) is 14.3. The Kier molecular flexibility index (Phi) is 5.14. The van der Waals surface area contributed by atoms with E-state index in [4.69, 9.17) is 4.74 Å². The minimum absolute atomic E-state index is 0. The van der Waals surface area contributed by atoms with Gasteiger partial charge in [-0.25, -0.2) is 0 Å². The zero-order valence-corrected chi connectivity index (χ0v) is 13.9. The smallest absolute Gasteiger partial charge is 0.248 e. The van der Waals surface area contributed by atoms with Crippen molar-refractivity contribution in [1.82, 2.24) is 10.2 Å². The van der Waals surface area contributed by atoms with Crippen LogP contribution in [-0.4, -0.2) is 42.6 Å². The zero-order chi connectivity index (χ0) is 14.9. The van der Waals surface area contributed by atoms with Gasteiger partial charge in [-0.05, 0) is 25.8 Å². The van der Waals surface area contributed by atoms with Crippen molar-refractivity contribution in [2.24, 2.45) is 0 Å². The summed E-state index contributed by atoms with van der Waals surface area (Å²) in [6, 6.07) is 8.30. The summed E-state index contributed by atoms with van der Waals surface area (Å²) in [6.45, 7) is 6.93. The van der Waals surface area contributed by atoms with Crippen molar-refractivity contribution in [1.29, 1.82) is 0 Å². The molecule has 1 fully saturated rings. The number of fused-ring (bicyclic) bond motifs is 1. The molecule has 1 aromatic carbocycles. The number of benzene rings is 1. The van der Waals surface area contributed by atoms with Crippen LogP contribution in [0.5, 0.6) is 0 Å². The molecule has 1 amide bonds. The van der Waals surface area contributed by atoms with E-state index >= 15 is 0 Å². The molecule has 4 nitrogen and oxygen atoms in total. The minimum Gasteiger partial charge on any atom is -0.379 e. The van der Waals surface area contributed by atoms with Crippen molar-refractivity contribution >= 4 is 24.0 Å². The largest absolute Gasteiger partial charge is 0.379 e. The number of carbonyl (C=O) groups is 1. The highest BCUT2D eigenvalue weighted by atomic mass is 35.5. The van der Waals surface area contributed by atoms with Gasteiger partial charge in [-0.2, -0.15) is 0 Å². The summed E-state index contributed by atoms with van der Waals surface area (Å²) in [7, 11) is 0. The second-order valence-electron chi connectivity index (χ2n) is 6.34. The molecule has 1 N–H and O–H groups in total. The Morgan fingerprint density at radius 3 is 2.68 bits per heavy atom. The molecule has 0 aliphatic carbocycles. The number of carbonyl (C=O) groups excluding carboxylic acids is 1. The van der Waals surface area contributed by atoms with E-state index in [1.807, 2.05) is 11.0 Å². The Morgan fingerprint density at radius 1 is 1.27 bits per heavy atom. The maximum atomic E-state index is 12.4. The number of hydrogen-bond donors (Lipinski definition) is 1. The lowest BCUT2D eigenvalue weighted by Crippen LogP contribution is -2.45. The molecule has 0 radical (unpaired) electrons. The van der Waals surface area contributed by atoms with Gasteiger partial charge >= 0.3 is 0 Å². The summed E-state index contributed by atoms with van der Waals surface area (Å²) in [5, 5.41) is 3.50. The molecule has 0 unspecified atom stereocenters. The number of halogens is 1. The molecular weight excluding hydrogens is 300 g/mol. The van der Waals surface area contributed by atoms with Crippen molar-refractivity contribution < 1.29 is 9.53 Å². The van der Waals surface area contributed by atoms with Gasteiger partial charge in [-0.3, -0.25) is 4.79 Å². The molecule has 0 spiro atoms. The molecule has 2 aliphatic rings. The maximum absolute atomic E-state index is 12.4. The Bertz CT molecular complexity index is 578. The van der Waals surface area contributed by atoms with Gasteiger partial charge in [0.05, 0.1) is 13.2 Å². The highest BCUT2D eigenvalue weighted by Crippen LogP contribution is 2.29. The van der Waals surface area contributed by atoms with Crippen LogP contribution in [0.3, 0.4) is 0 Å². The van der Waals surface area contributed by atoms with Crippen molar-refractivity contribution in [2.45, 2.75) is 25.8 Å². The second-order valence-corrected chi connectivity index (χ2v) is 6.34. The van der Waals surface area contributed by atoms with Crippen molar-refractivity contribution in [2.75, 3.05) is 26.3 Å². The van der Waals surface area contributed by atoms with E-state index in [1.165, 1.54) is 5.56 Å². The predicted molar refractivity (Wildman–Crippen MR) is 90.0 cm³/mol. The van der Waals surface area contributed by atoms with Gasteiger partial charge in [0.1, 0.15) is 0 Å². The molecule has 120 valence electrons. The molecule has 2 heterocycles. The van der Waals surface area contributed by atoms with Crippen molar-refractivity contribution in [3.05, 3.63) is 41.5 Å². The Labute approximate surface area is 137 Å². The molecule has 0 saturated carbocycles. The van der Waals surface area contributed by atoms with Gasteiger partial charge in [0, 0.05) is 36.0 Å². The molecule has 1 saturated heterocycles. The number of nitrogens with zero attached hydrogens (tertiary/aromatic N) is 1. The number of morpholine rings is 1. The number of amides is 1. The first kappa shape index (κ1) is 16.8. The third kappa shape index (κ3) is 3.62. The van der Waals surface area contributed by atoms with Crippen LogP contribution in [0.1, 0.15) is 25.0 Å². The second kappa shape index (κ2) is 6.71. The highest BCUT2D eigenvalue weighted by Gasteiger charge is 2.28. The summed E-state index contributed by atoms with van der Waals surface area (Å²) in [5.41, 5.74) is 3.32. The predicted octanol–water partition coefficient (Wildman–Crippen LogP) is 2.23. The molecule has 3 rings (SSSR count). The lowest BCUT2D eigenvalue weighted by molar-refractivity contribution is -0.129. The van der Waals surface area contributed by atoms with Gasteiger partial charge in [0.2, 0.25) is 5.91 Å². The molecule has 0 atom stereocenters. The van der Waals surface area contributed by atoms with Gasteiger partial charge in [0.15, 0.2) is 0 Å². The van der Waals surface area contributed by atoms with Crippen LogP contribution in [0.15, 0.2) is 30.3 Å². The summed E-state index contributed by atoms with van der Waals surface area (Å²) < 4.78 is 5.30. The summed E-state index contributed by atoms with van der Waals surface area (Å²) in [6.07, 6.45) is 2.71. The van der Waals surface area contributed by atoms with E-state index < -0.39 is 0 Å². The maximum Gasteiger partial charge on any atom is 0.248 e. The topological polar surface area (TPSA) is 41.6 Å². The molecule has 0 aromatic heterocycles. The van der Waals surface area contributed by atoms with Crippen LogP contribution in [0, 0.1) is 0 Å². The third-order valence-electron chi connectivity index (χ3n) is 4.00. The van der Waals surface area contributed by atoms with E-state index in [1.54, 1.807) is 6.08 Å². The van der Waals surface area contributed by atoms with Crippen molar-refractivity contribution in [3.63, 3.8) is 0 Å². The fourth-order valence-corrected chi connectivity index (χ4v) is 3.00. The first-order chi connectivity index (χ1) is 10.1. The number of rotatable bonds is 1. The van der Waals surface area contributed by atoms with Crippen molar-refractivity contribution in [3.8, 4) is 0 Å². The molecule has 5 heteroatoms. The fraction of sp³-hybridized carbons (Fsp3) is 0.471. The molecule has 1 aromatic rings. The quantitative estimate of drug-likeness (QED) is 0.806. The Balaban J connectivity index is 0.00000176.